The van der Waals surface area contributed by atoms with Crippen molar-refractivity contribution in [2.75, 3.05) is 0 Å². The smallest absolute Gasteiger partial charge is 0.258 e. The molecule has 0 fully saturated rings. The Bertz CT molecular complexity index is 641. The zero-order valence-electron chi connectivity index (χ0n) is 11.1. The second-order valence-corrected chi connectivity index (χ2v) is 6.40. The molecule has 0 bridgehead atoms. The molecular weight excluding hydrogens is 340 g/mol. The normalized spacial score (nSPS) is 10.6. The van der Waals surface area contributed by atoms with E-state index in [0.717, 1.165) is 5.56 Å². The SMILES string of the molecule is Cc1cc(C)cc(CSc2ncc(Br)cc2[N+](=O)[O-])c1. The highest BCUT2D eigenvalue weighted by Crippen LogP contribution is 2.31. The number of thioether (sulfide) groups is 1. The third-order valence-electron chi connectivity index (χ3n) is 2.65. The fourth-order valence-electron chi connectivity index (χ4n) is 1.96. The molecule has 6 heteroatoms. The summed E-state index contributed by atoms with van der Waals surface area (Å²) >= 11 is 4.58. The van der Waals surface area contributed by atoms with Crippen LogP contribution in [0.3, 0.4) is 0 Å². The molecule has 1 aromatic carbocycles. The van der Waals surface area contributed by atoms with Gasteiger partial charge in [0.2, 0.25) is 0 Å². The van der Waals surface area contributed by atoms with Crippen molar-refractivity contribution in [3.8, 4) is 0 Å². The summed E-state index contributed by atoms with van der Waals surface area (Å²) in [6.07, 6.45) is 1.58. The van der Waals surface area contributed by atoms with Crippen molar-refractivity contribution in [1.82, 2.24) is 4.98 Å². The van der Waals surface area contributed by atoms with Crippen LogP contribution in [0.2, 0.25) is 0 Å². The molecule has 0 saturated heterocycles. The van der Waals surface area contributed by atoms with Gasteiger partial charge in [0.1, 0.15) is 0 Å². The highest BCUT2D eigenvalue weighted by molar-refractivity contribution is 9.10. The van der Waals surface area contributed by atoms with E-state index in [1.807, 2.05) is 13.8 Å². The summed E-state index contributed by atoms with van der Waals surface area (Å²) in [5.74, 6) is 0.665. The van der Waals surface area contributed by atoms with Crippen LogP contribution in [0.5, 0.6) is 0 Å². The average molecular weight is 353 g/mol. The van der Waals surface area contributed by atoms with Crippen molar-refractivity contribution >= 4 is 33.4 Å². The first-order chi connectivity index (χ1) is 9.45. The van der Waals surface area contributed by atoms with Gasteiger partial charge < -0.3 is 0 Å². The maximum atomic E-state index is 11.0. The number of benzene rings is 1. The molecule has 1 aromatic heterocycles. The summed E-state index contributed by atoms with van der Waals surface area (Å²) in [7, 11) is 0. The fraction of sp³-hybridized carbons (Fsp3) is 0.214. The van der Waals surface area contributed by atoms with Gasteiger partial charge in [0.05, 0.1) is 4.92 Å². The second kappa shape index (κ2) is 6.37. The van der Waals surface area contributed by atoms with Crippen LogP contribution in [0.1, 0.15) is 16.7 Å². The van der Waals surface area contributed by atoms with E-state index in [1.54, 1.807) is 6.20 Å². The highest BCUT2D eigenvalue weighted by Gasteiger charge is 2.16. The molecule has 0 radical (unpaired) electrons. The molecule has 0 atom stereocenters. The van der Waals surface area contributed by atoms with Crippen molar-refractivity contribution in [1.29, 1.82) is 0 Å². The van der Waals surface area contributed by atoms with E-state index in [9.17, 15) is 10.1 Å². The Morgan fingerprint density at radius 3 is 2.50 bits per heavy atom. The molecule has 2 aromatic rings. The van der Waals surface area contributed by atoms with Gasteiger partial charge in [-0.2, -0.15) is 0 Å². The van der Waals surface area contributed by atoms with Crippen LogP contribution >= 0.6 is 27.7 Å². The van der Waals surface area contributed by atoms with Gasteiger partial charge in [-0.15, -0.1) is 0 Å². The molecule has 0 aliphatic carbocycles. The Morgan fingerprint density at radius 2 is 1.90 bits per heavy atom. The van der Waals surface area contributed by atoms with E-state index in [2.05, 4.69) is 39.1 Å². The van der Waals surface area contributed by atoms with Crippen molar-refractivity contribution in [2.45, 2.75) is 24.6 Å². The van der Waals surface area contributed by atoms with Crippen LogP contribution in [0.15, 0.2) is 40.0 Å². The zero-order chi connectivity index (χ0) is 14.7. The summed E-state index contributed by atoms with van der Waals surface area (Å²) in [6.45, 7) is 4.09. The molecule has 104 valence electrons. The van der Waals surface area contributed by atoms with Crippen molar-refractivity contribution in [2.24, 2.45) is 0 Å². The summed E-state index contributed by atoms with van der Waals surface area (Å²) in [5, 5.41) is 11.5. The van der Waals surface area contributed by atoms with Gasteiger partial charge in [-0.1, -0.05) is 41.1 Å². The lowest BCUT2D eigenvalue weighted by atomic mass is 10.1. The first-order valence-corrected chi connectivity index (χ1v) is 7.73. The molecule has 1 heterocycles. The molecule has 0 amide bonds. The zero-order valence-corrected chi connectivity index (χ0v) is 13.5. The number of nitro groups is 1. The standard InChI is InChI=1S/C14H13BrN2O2S/c1-9-3-10(2)5-11(4-9)8-20-14-13(17(18)19)6-12(15)7-16-14/h3-7H,8H2,1-2H3. The molecule has 0 spiro atoms. The molecule has 0 unspecified atom stereocenters. The van der Waals surface area contributed by atoms with Crippen molar-refractivity contribution < 1.29 is 4.92 Å². The van der Waals surface area contributed by atoms with Gasteiger partial charge in [-0.05, 0) is 35.3 Å². The minimum absolute atomic E-state index is 0.0359. The second-order valence-electron chi connectivity index (χ2n) is 4.52. The maximum Gasteiger partial charge on any atom is 0.302 e. The fourth-order valence-corrected chi connectivity index (χ4v) is 3.16. The summed E-state index contributed by atoms with van der Waals surface area (Å²) < 4.78 is 0.611. The Hall–Kier alpha value is -1.40. The number of rotatable bonds is 4. The lowest BCUT2D eigenvalue weighted by molar-refractivity contribution is -0.388. The monoisotopic (exact) mass is 352 g/mol. The Labute approximate surface area is 129 Å². The summed E-state index contributed by atoms with van der Waals surface area (Å²) in [5.41, 5.74) is 3.57. The third-order valence-corrected chi connectivity index (χ3v) is 4.15. The van der Waals surface area contributed by atoms with Crippen LogP contribution in [-0.4, -0.2) is 9.91 Å². The van der Waals surface area contributed by atoms with Gasteiger partial charge in [0, 0.05) is 22.5 Å². The van der Waals surface area contributed by atoms with Crippen LogP contribution < -0.4 is 0 Å². The molecule has 0 aliphatic heterocycles. The molecule has 0 aliphatic rings. The van der Waals surface area contributed by atoms with Gasteiger partial charge in [-0.3, -0.25) is 10.1 Å². The lowest BCUT2D eigenvalue weighted by Gasteiger charge is -2.05. The van der Waals surface area contributed by atoms with Crippen LogP contribution in [0, 0.1) is 24.0 Å². The number of aryl methyl sites for hydroxylation is 2. The Morgan fingerprint density at radius 1 is 1.25 bits per heavy atom. The number of hydrogen-bond acceptors (Lipinski definition) is 4. The van der Waals surface area contributed by atoms with Gasteiger partial charge in [0.25, 0.3) is 0 Å². The van der Waals surface area contributed by atoms with Crippen LogP contribution in [0.4, 0.5) is 5.69 Å². The molecular formula is C14H13BrN2O2S. The number of pyridine rings is 1. The van der Waals surface area contributed by atoms with Crippen molar-refractivity contribution in [3.05, 3.63) is 61.7 Å². The quantitative estimate of drug-likeness (QED) is 0.456. The van der Waals surface area contributed by atoms with E-state index >= 15 is 0 Å². The largest absolute Gasteiger partial charge is 0.302 e. The Kier molecular flexibility index (Phi) is 4.77. The number of aromatic nitrogens is 1. The average Bonchev–Trinajstić information content (AvgIpc) is 2.36. The van der Waals surface area contributed by atoms with Crippen LogP contribution in [-0.2, 0) is 5.75 Å². The predicted octanol–water partition coefficient (Wildman–Crippen LogP) is 4.66. The minimum atomic E-state index is -0.401. The minimum Gasteiger partial charge on any atom is -0.258 e. The predicted molar refractivity (Wildman–Crippen MR) is 84.1 cm³/mol. The third kappa shape index (κ3) is 3.80. The van der Waals surface area contributed by atoms with Gasteiger partial charge >= 0.3 is 5.69 Å². The first kappa shape index (κ1) is 15.0. The first-order valence-electron chi connectivity index (χ1n) is 5.95. The van der Waals surface area contributed by atoms with E-state index in [0.29, 0.717) is 15.3 Å². The molecule has 0 N–H and O–H groups in total. The molecule has 0 saturated carbocycles. The number of halogens is 1. The van der Waals surface area contributed by atoms with Gasteiger partial charge in [-0.25, -0.2) is 4.98 Å². The van der Waals surface area contributed by atoms with E-state index < -0.39 is 4.92 Å². The molecule has 2 rings (SSSR count). The summed E-state index contributed by atoms with van der Waals surface area (Å²) in [4.78, 5) is 14.8. The summed E-state index contributed by atoms with van der Waals surface area (Å²) in [6, 6.07) is 7.76. The topological polar surface area (TPSA) is 56.0 Å². The van der Waals surface area contributed by atoms with E-state index in [1.165, 1.54) is 29.0 Å². The van der Waals surface area contributed by atoms with E-state index in [4.69, 9.17) is 0 Å². The van der Waals surface area contributed by atoms with E-state index in [-0.39, 0.29) is 5.69 Å². The lowest BCUT2D eigenvalue weighted by Crippen LogP contribution is -1.94. The number of hydrogen-bond donors (Lipinski definition) is 0. The molecule has 20 heavy (non-hydrogen) atoms. The van der Waals surface area contributed by atoms with Gasteiger partial charge in [0.15, 0.2) is 5.03 Å². The Balaban J connectivity index is 2.20. The van der Waals surface area contributed by atoms with Crippen LogP contribution in [0.25, 0.3) is 0 Å². The molecule has 4 nitrogen and oxygen atoms in total. The maximum absolute atomic E-state index is 11.0. The number of nitrogens with zero attached hydrogens (tertiary/aromatic N) is 2. The van der Waals surface area contributed by atoms with Crippen molar-refractivity contribution in [3.63, 3.8) is 0 Å². The highest BCUT2D eigenvalue weighted by atomic mass is 79.9.